The van der Waals surface area contributed by atoms with Gasteiger partial charge in [-0.3, -0.25) is 9.69 Å². The minimum absolute atomic E-state index is 0.00773. The van der Waals surface area contributed by atoms with Gasteiger partial charge in [0.2, 0.25) is 0 Å². The van der Waals surface area contributed by atoms with Crippen molar-refractivity contribution in [3.05, 3.63) is 107 Å². The average Bonchev–Trinajstić information content (AvgIpc) is 3.27. The van der Waals surface area contributed by atoms with Gasteiger partial charge < -0.3 is 9.30 Å². The monoisotopic (exact) mass is 420 g/mol. The van der Waals surface area contributed by atoms with Crippen molar-refractivity contribution >= 4 is 28.9 Å². The quantitative estimate of drug-likeness (QED) is 0.362. The lowest BCUT2D eigenvalue weighted by Crippen LogP contribution is -2.20. The van der Waals surface area contributed by atoms with Crippen LogP contribution in [-0.2, 0) is 4.79 Å². The van der Waals surface area contributed by atoms with Crippen molar-refractivity contribution in [1.82, 2.24) is 4.57 Å². The van der Waals surface area contributed by atoms with E-state index < -0.39 is 0 Å². The first-order chi connectivity index (χ1) is 15.6. The van der Waals surface area contributed by atoms with Gasteiger partial charge in [0.05, 0.1) is 18.4 Å². The number of methoxy groups -OCH3 is 1. The number of benzene rings is 3. The van der Waals surface area contributed by atoms with Gasteiger partial charge in [0, 0.05) is 28.3 Å². The molecule has 158 valence electrons. The standard InChI is InChI=1S/C28H24N2O2/c1-19-17-21(20(2)29(19)23-13-15-24(32-3)16-14-23)18-26-25-11-7-8-12-27(25)30(28(26)31)22-9-5-4-6-10-22/h4-18H,1-3H3/b26-18+. The zero-order valence-electron chi connectivity index (χ0n) is 18.4. The SMILES string of the molecule is COc1ccc(-n2c(C)cc(/C=C3/C(=O)N(c4ccccc4)c4ccccc43)c2C)cc1. The Labute approximate surface area is 188 Å². The molecular weight excluding hydrogens is 396 g/mol. The third-order valence-electron chi connectivity index (χ3n) is 5.98. The molecule has 0 aliphatic carbocycles. The molecular formula is C28H24N2O2. The van der Waals surface area contributed by atoms with E-state index in [0.29, 0.717) is 5.57 Å². The fraction of sp³-hybridized carbons (Fsp3) is 0.107. The number of rotatable bonds is 4. The van der Waals surface area contributed by atoms with Crippen LogP contribution in [0.2, 0.25) is 0 Å². The second kappa shape index (κ2) is 7.89. The molecule has 1 amide bonds. The summed E-state index contributed by atoms with van der Waals surface area (Å²) in [6.07, 6.45) is 2.02. The Morgan fingerprint density at radius 2 is 1.50 bits per heavy atom. The number of hydrogen-bond acceptors (Lipinski definition) is 2. The van der Waals surface area contributed by atoms with Gasteiger partial charge in [-0.25, -0.2) is 0 Å². The molecule has 0 radical (unpaired) electrons. The molecule has 0 saturated carbocycles. The number of nitrogens with zero attached hydrogens (tertiary/aromatic N) is 2. The van der Waals surface area contributed by atoms with Crippen molar-refractivity contribution in [2.75, 3.05) is 12.0 Å². The predicted octanol–water partition coefficient (Wildman–Crippen LogP) is 6.32. The van der Waals surface area contributed by atoms with Crippen LogP contribution >= 0.6 is 0 Å². The number of carbonyl (C=O) groups is 1. The molecule has 0 unspecified atom stereocenters. The highest BCUT2D eigenvalue weighted by atomic mass is 16.5. The van der Waals surface area contributed by atoms with E-state index in [0.717, 1.165) is 45.3 Å². The van der Waals surface area contributed by atoms with Crippen molar-refractivity contribution < 1.29 is 9.53 Å². The van der Waals surface area contributed by atoms with Gasteiger partial charge in [0.25, 0.3) is 5.91 Å². The molecule has 4 aromatic rings. The number of amides is 1. The first-order valence-electron chi connectivity index (χ1n) is 10.6. The average molecular weight is 421 g/mol. The first kappa shape index (κ1) is 19.9. The molecule has 32 heavy (non-hydrogen) atoms. The second-order valence-corrected chi connectivity index (χ2v) is 7.91. The van der Waals surface area contributed by atoms with E-state index in [1.54, 1.807) is 12.0 Å². The largest absolute Gasteiger partial charge is 0.497 e. The number of hydrogen-bond donors (Lipinski definition) is 0. The van der Waals surface area contributed by atoms with Crippen molar-refractivity contribution in [3.8, 4) is 11.4 Å². The molecule has 0 atom stereocenters. The Bertz CT molecular complexity index is 1330. The summed E-state index contributed by atoms with van der Waals surface area (Å²) in [5.41, 5.74) is 7.74. The van der Waals surface area contributed by atoms with Gasteiger partial charge in [-0.1, -0.05) is 36.4 Å². The normalized spacial score (nSPS) is 14.2. The molecule has 0 bridgehead atoms. The Kier molecular flexibility index (Phi) is 4.91. The zero-order valence-corrected chi connectivity index (χ0v) is 18.4. The summed E-state index contributed by atoms with van der Waals surface area (Å²) in [7, 11) is 1.67. The van der Waals surface area contributed by atoms with Crippen LogP contribution in [0.25, 0.3) is 17.3 Å². The summed E-state index contributed by atoms with van der Waals surface area (Å²) in [6.45, 7) is 4.17. The molecule has 0 saturated heterocycles. The molecule has 0 N–H and O–H groups in total. The molecule has 4 nitrogen and oxygen atoms in total. The third kappa shape index (κ3) is 3.21. The van der Waals surface area contributed by atoms with Gasteiger partial charge in [0.15, 0.2) is 0 Å². The fourth-order valence-electron chi connectivity index (χ4n) is 4.43. The summed E-state index contributed by atoms with van der Waals surface area (Å²) >= 11 is 0. The molecule has 5 rings (SSSR count). The van der Waals surface area contributed by atoms with Crippen molar-refractivity contribution in [2.45, 2.75) is 13.8 Å². The van der Waals surface area contributed by atoms with Crippen molar-refractivity contribution in [2.24, 2.45) is 0 Å². The lowest BCUT2D eigenvalue weighted by molar-refractivity contribution is -0.112. The topological polar surface area (TPSA) is 34.5 Å². The number of aromatic nitrogens is 1. The minimum atomic E-state index is -0.00773. The van der Waals surface area contributed by atoms with Gasteiger partial charge in [0.1, 0.15) is 5.75 Å². The maximum atomic E-state index is 13.5. The maximum absolute atomic E-state index is 13.5. The van der Waals surface area contributed by atoms with Crippen LogP contribution in [0, 0.1) is 13.8 Å². The summed E-state index contributed by atoms with van der Waals surface area (Å²) < 4.78 is 7.49. The van der Waals surface area contributed by atoms with Gasteiger partial charge in [-0.15, -0.1) is 0 Å². The Morgan fingerprint density at radius 1 is 0.812 bits per heavy atom. The lowest BCUT2D eigenvalue weighted by Gasteiger charge is -2.16. The Morgan fingerprint density at radius 3 is 2.22 bits per heavy atom. The Balaban J connectivity index is 1.60. The Hall–Kier alpha value is -4.05. The third-order valence-corrected chi connectivity index (χ3v) is 5.98. The highest BCUT2D eigenvalue weighted by Gasteiger charge is 2.33. The fourth-order valence-corrected chi connectivity index (χ4v) is 4.43. The second-order valence-electron chi connectivity index (χ2n) is 7.91. The minimum Gasteiger partial charge on any atom is -0.497 e. The molecule has 1 aliphatic heterocycles. The molecule has 3 aromatic carbocycles. The summed E-state index contributed by atoms with van der Waals surface area (Å²) in [6, 6.07) is 27.9. The van der Waals surface area contributed by atoms with Crippen LogP contribution in [0.3, 0.4) is 0 Å². The highest BCUT2D eigenvalue weighted by Crippen LogP contribution is 2.42. The number of aryl methyl sites for hydroxylation is 1. The van der Waals surface area contributed by atoms with Crippen LogP contribution in [0.4, 0.5) is 11.4 Å². The molecule has 1 aromatic heterocycles. The van der Waals surface area contributed by atoms with E-state index in [9.17, 15) is 4.79 Å². The van der Waals surface area contributed by atoms with Crippen LogP contribution < -0.4 is 9.64 Å². The van der Waals surface area contributed by atoms with E-state index in [4.69, 9.17) is 4.74 Å². The van der Waals surface area contributed by atoms with Gasteiger partial charge >= 0.3 is 0 Å². The van der Waals surface area contributed by atoms with E-state index in [1.165, 1.54) is 0 Å². The van der Waals surface area contributed by atoms with Gasteiger partial charge in [-0.2, -0.15) is 0 Å². The molecule has 2 heterocycles. The van der Waals surface area contributed by atoms with Crippen LogP contribution in [0.5, 0.6) is 5.75 Å². The number of para-hydroxylation sites is 2. The summed E-state index contributed by atoms with van der Waals surface area (Å²) in [5.74, 6) is 0.819. The van der Waals surface area contributed by atoms with E-state index in [2.05, 4.69) is 24.5 Å². The first-order valence-corrected chi connectivity index (χ1v) is 10.6. The van der Waals surface area contributed by atoms with Crippen LogP contribution in [0.15, 0.2) is 84.9 Å². The zero-order chi connectivity index (χ0) is 22.2. The van der Waals surface area contributed by atoms with Gasteiger partial charge in [-0.05, 0) is 74.0 Å². The highest BCUT2D eigenvalue weighted by molar-refractivity contribution is 6.38. The summed E-state index contributed by atoms with van der Waals surface area (Å²) in [4.78, 5) is 15.3. The van der Waals surface area contributed by atoms with Crippen molar-refractivity contribution in [3.63, 3.8) is 0 Å². The number of fused-ring (bicyclic) bond motifs is 1. The van der Waals surface area contributed by atoms with Crippen molar-refractivity contribution in [1.29, 1.82) is 0 Å². The van der Waals surface area contributed by atoms with Crippen LogP contribution in [-0.4, -0.2) is 17.6 Å². The number of carbonyl (C=O) groups excluding carboxylic acids is 1. The van der Waals surface area contributed by atoms with E-state index >= 15 is 0 Å². The smallest absolute Gasteiger partial charge is 0.263 e. The number of anilines is 2. The lowest BCUT2D eigenvalue weighted by atomic mass is 10.0. The van der Waals surface area contributed by atoms with E-state index in [1.807, 2.05) is 84.9 Å². The molecule has 4 heteroatoms. The van der Waals surface area contributed by atoms with E-state index in [-0.39, 0.29) is 5.91 Å². The number of ether oxygens (including phenoxy) is 1. The molecule has 0 spiro atoms. The molecule has 1 aliphatic rings. The predicted molar refractivity (Wildman–Crippen MR) is 130 cm³/mol. The summed E-state index contributed by atoms with van der Waals surface area (Å²) in [5, 5.41) is 0. The maximum Gasteiger partial charge on any atom is 0.263 e. The van der Waals surface area contributed by atoms with Crippen LogP contribution in [0.1, 0.15) is 22.5 Å². The molecule has 0 fully saturated rings.